The molecule has 0 spiro atoms. The predicted molar refractivity (Wildman–Crippen MR) is 61.2 cm³/mol. The highest BCUT2D eigenvalue weighted by Crippen LogP contribution is 2.22. The minimum absolute atomic E-state index is 0.211. The second kappa shape index (κ2) is 4.86. The van der Waals surface area contributed by atoms with E-state index < -0.39 is 12.1 Å². The summed E-state index contributed by atoms with van der Waals surface area (Å²) in [6.07, 6.45) is -0.579. The van der Waals surface area contributed by atoms with Gasteiger partial charge >= 0.3 is 6.09 Å². The smallest absolute Gasteiger partial charge is 0.408 e. The summed E-state index contributed by atoms with van der Waals surface area (Å²) in [5, 5.41) is 5.28. The zero-order valence-electron chi connectivity index (χ0n) is 9.53. The van der Waals surface area contributed by atoms with Gasteiger partial charge in [-0.25, -0.2) is 4.79 Å². The van der Waals surface area contributed by atoms with Crippen LogP contribution in [0.4, 0.5) is 4.79 Å². The van der Waals surface area contributed by atoms with E-state index in [0.29, 0.717) is 6.54 Å². The minimum Gasteiger partial charge on any atom is -0.450 e. The van der Waals surface area contributed by atoms with Crippen LogP contribution < -0.4 is 10.6 Å². The van der Waals surface area contributed by atoms with E-state index in [-0.39, 0.29) is 12.5 Å². The van der Waals surface area contributed by atoms with E-state index in [1.807, 2.05) is 24.3 Å². The Labute approximate surface area is 99.2 Å². The SMILES string of the molecule is CCOC(=O)NC1C(=O)NCc2ccccc21. The molecule has 1 aromatic carbocycles. The number of amides is 2. The molecule has 2 N–H and O–H groups in total. The molecule has 2 rings (SSSR count). The van der Waals surface area contributed by atoms with Crippen LogP contribution in [0.25, 0.3) is 0 Å². The predicted octanol–water partition coefficient (Wildman–Crippen LogP) is 1.10. The van der Waals surface area contributed by atoms with Crippen molar-refractivity contribution in [2.45, 2.75) is 19.5 Å². The second-order valence-corrected chi connectivity index (χ2v) is 3.71. The molecule has 2 amide bonds. The van der Waals surface area contributed by atoms with Crippen molar-refractivity contribution in [1.82, 2.24) is 10.6 Å². The molecule has 1 aromatic rings. The van der Waals surface area contributed by atoms with Crippen LogP contribution in [-0.2, 0) is 16.1 Å². The van der Waals surface area contributed by atoms with E-state index in [1.54, 1.807) is 6.92 Å². The molecule has 1 heterocycles. The van der Waals surface area contributed by atoms with Gasteiger partial charge < -0.3 is 15.4 Å². The van der Waals surface area contributed by atoms with Gasteiger partial charge in [0.1, 0.15) is 6.04 Å². The summed E-state index contributed by atoms with van der Waals surface area (Å²) >= 11 is 0. The Kier molecular flexibility index (Phi) is 3.27. The number of nitrogens with one attached hydrogen (secondary N) is 2. The molecule has 90 valence electrons. The lowest BCUT2D eigenvalue weighted by Crippen LogP contribution is -2.44. The molecule has 1 unspecified atom stereocenters. The Morgan fingerprint density at radius 3 is 3.06 bits per heavy atom. The van der Waals surface area contributed by atoms with Crippen LogP contribution >= 0.6 is 0 Å². The maximum absolute atomic E-state index is 11.7. The van der Waals surface area contributed by atoms with Crippen LogP contribution in [0, 0.1) is 0 Å². The molecular formula is C12H14N2O3. The van der Waals surface area contributed by atoms with Crippen molar-refractivity contribution in [3.8, 4) is 0 Å². The van der Waals surface area contributed by atoms with Gasteiger partial charge in [0.15, 0.2) is 0 Å². The molecule has 1 aliphatic rings. The van der Waals surface area contributed by atoms with E-state index in [2.05, 4.69) is 10.6 Å². The second-order valence-electron chi connectivity index (χ2n) is 3.71. The highest BCUT2D eigenvalue weighted by Gasteiger charge is 2.28. The number of benzene rings is 1. The first-order chi connectivity index (χ1) is 8.22. The summed E-state index contributed by atoms with van der Waals surface area (Å²) in [5.41, 5.74) is 1.83. The number of carbonyl (C=O) groups is 2. The Bertz CT molecular complexity index is 445. The fourth-order valence-electron chi connectivity index (χ4n) is 1.84. The standard InChI is InChI=1S/C12H14N2O3/c1-2-17-12(16)14-10-9-6-4-3-5-8(9)7-13-11(10)15/h3-6,10H,2,7H2,1H3,(H,13,15)(H,14,16). The third-order valence-electron chi connectivity index (χ3n) is 2.62. The van der Waals surface area contributed by atoms with Crippen molar-refractivity contribution in [3.05, 3.63) is 35.4 Å². The molecule has 0 aliphatic carbocycles. The minimum atomic E-state index is -0.668. The zero-order chi connectivity index (χ0) is 12.3. The van der Waals surface area contributed by atoms with Gasteiger partial charge in [-0.15, -0.1) is 0 Å². The number of rotatable bonds is 2. The Balaban J connectivity index is 2.21. The summed E-state index contributed by atoms with van der Waals surface area (Å²) in [4.78, 5) is 23.1. The number of fused-ring (bicyclic) bond motifs is 1. The van der Waals surface area contributed by atoms with E-state index in [9.17, 15) is 9.59 Å². The van der Waals surface area contributed by atoms with Gasteiger partial charge in [0.25, 0.3) is 0 Å². The lowest BCUT2D eigenvalue weighted by atomic mass is 9.96. The largest absolute Gasteiger partial charge is 0.450 e. The fourth-order valence-corrected chi connectivity index (χ4v) is 1.84. The average molecular weight is 234 g/mol. The van der Waals surface area contributed by atoms with Gasteiger partial charge in [-0.3, -0.25) is 4.79 Å². The number of carbonyl (C=O) groups excluding carboxylic acids is 2. The number of alkyl carbamates (subject to hydrolysis) is 1. The topological polar surface area (TPSA) is 67.4 Å². The molecular weight excluding hydrogens is 220 g/mol. The molecule has 0 radical (unpaired) electrons. The van der Waals surface area contributed by atoms with Crippen molar-refractivity contribution < 1.29 is 14.3 Å². The highest BCUT2D eigenvalue weighted by molar-refractivity contribution is 5.88. The molecule has 5 heteroatoms. The Morgan fingerprint density at radius 2 is 2.29 bits per heavy atom. The molecule has 1 aliphatic heterocycles. The lowest BCUT2D eigenvalue weighted by molar-refractivity contribution is -0.123. The average Bonchev–Trinajstić information content (AvgIpc) is 2.33. The normalized spacial score (nSPS) is 17.9. The maximum atomic E-state index is 11.7. The molecule has 0 bridgehead atoms. The van der Waals surface area contributed by atoms with Gasteiger partial charge in [-0.05, 0) is 18.1 Å². The molecule has 5 nitrogen and oxygen atoms in total. The first-order valence-corrected chi connectivity index (χ1v) is 5.51. The van der Waals surface area contributed by atoms with Gasteiger partial charge in [0, 0.05) is 6.54 Å². The van der Waals surface area contributed by atoms with Crippen LogP contribution in [0.5, 0.6) is 0 Å². The number of ether oxygens (including phenoxy) is 1. The van der Waals surface area contributed by atoms with Crippen LogP contribution in [-0.4, -0.2) is 18.6 Å². The van der Waals surface area contributed by atoms with Crippen LogP contribution in [0.3, 0.4) is 0 Å². The number of hydrogen-bond acceptors (Lipinski definition) is 3. The summed E-state index contributed by atoms with van der Waals surface area (Å²) in [6.45, 7) is 2.49. The molecule has 0 saturated heterocycles. The molecule has 0 aromatic heterocycles. The Hall–Kier alpha value is -2.04. The van der Waals surface area contributed by atoms with Crippen molar-refractivity contribution in [2.75, 3.05) is 6.61 Å². The van der Waals surface area contributed by atoms with Gasteiger partial charge in [-0.1, -0.05) is 24.3 Å². The van der Waals surface area contributed by atoms with Crippen molar-refractivity contribution in [1.29, 1.82) is 0 Å². The van der Waals surface area contributed by atoms with E-state index in [0.717, 1.165) is 11.1 Å². The van der Waals surface area contributed by atoms with E-state index >= 15 is 0 Å². The van der Waals surface area contributed by atoms with Gasteiger partial charge in [-0.2, -0.15) is 0 Å². The first-order valence-electron chi connectivity index (χ1n) is 5.51. The van der Waals surface area contributed by atoms with E-state index in [1.165, 1.54) is 0 Å². The zero-order valence-corrected chi connectivity index (χ0v) is 9.53. The molecule has 17 heavy (non-hydrogen) atoms. The molecule has 0 fully saturated rings. The van der Waals surface area contributed by atoms with Crippen molar-refractivity contribution >= 4 is 12.0 Å². The van der Waals surface area contributed by atoms with Crippen LogP contribution in [0.15, 0.2) is 24.3 Å². The van der Waals surface area contributed by atoms with Crippen molar-refractivity contribution in [2.24, 2.45) is 0 Å². The highest BCUT2D eigenvalue weighted by atomic mass is 16.5. The summed E-state index contributed by atoms with van der Waals surface area (Å²) in [6, 6.07) is 6.84. The van der Waals surface area contributed by atoms with Crippen molar-refractivity contribution in [3.63, 3.8) is 0 Å². The quantitative estimate of drug-likeness (QED) is 0.805. The monoisotopic (exact) mass is 234 g/mol. The maximum Gasteiger partial charge on any atom is 0.408 e. The fraction of sp³-hybridized carbons (Fsp3) is 0.333. The van der Waals surface area contributed by atoms with Gasteiger partial charge in [0.05, 0.1) is 6.61 Å². The summed E-state index contributed by atoms with van der Waals surface area (Å²) < 4.78 is 4.78. The molecule has 1 atom stereocenters. The first kappa shape index (κ1) is 11.4. The number of hydrogen-bond donors (Lipinski definition) is 2. The third kappa shape index (κ3) is 2.38. The van der Waals surface area contributed by atoms with Crippen LogP contribution in [0.1, 0.15) is 24.1 Å². The summed E-state index contributed by atoms with van der Waals surface area (Å²) in [5.74, 6) is -0.211. The lowest BCUT2D eigenvalue weighted by Gasteiger charge is -2.25. The van der Waals surface area contributed by atoms with Gasteiger partial charge in [0.2, 0.25) is 5.91 Å². The third-order valence-corrected chi connectivity index (χ3v) is 2.62. The van der Waals surface area contributed by atoms with E-state index in [4.69, 9.17) is 4.74 Å². The Morgan fingerprint density at radius 1 is 1.53 bits per heavy atom. The van der Waals surface area contributed by atoms with Crippen LogP contribution in [0.2, 0.25) is 0 Å². The summed E-state index contributed by atoms with van der Waals surface area (Å²) in [7, 11) is 0. The molecule has 0 saturated carbocycles.